The van der Waals surface area contributed by atoms with Crippen LogP contribution in [0.4, 0.5) is 5.69 Å². The Bertz CT molecular complexity index is 1300. The fourth-order valence-electron chi connectivity index (χ4n) is 4.96. The number of hydrogen-bond acceptors (Lipinski definition) is 2. The highest BCUT2D eigenvalue weighted by molar-refractivity contribution is 7.85. The molecule has 0 saturated carbocycles. The SMILES string of the molecule is C=C1CCCC(/C=C/C2=[N+](CCCS(=O)(=O)O)c3ccc4ccccc4c3C2(C)C)=C1Cl. The summed E-state index contributed by atoms with van der Waals surface area (Å²) in [4.78, 5) is 0. The molecule has 1 heterocycles. The Labute approximate surface area is 195 Å². The molecule has 2 aliphatic rings. The highest BCUT2D eigenvalue weighted by Crippen LogP contribution is 2.44. The molecule has 0 amide bonds. The molecule has 0 atom stereocenters. The van der Waals surface area contributed by atoms with Gasteiger partial charge in [-0.25, -0.2) is 0 Å². The molecular formula is C26H29ClNO3S+. The molecular weight excluding hydrogens is 442 g/mol. The molecule has 1 aliphatic carbocycles. The first kappa shape index (κ1) is 23.0. The van der Waals surface area contributed by atoms with Crippen LogP contribution in [0.5, 0.6) is 0 Å². The molecule has 0 spiro atoms. The van der Waals surface area contributed by atoms with Crippen molar-refractivity contribution in [3.8, 4) is 0 Å². The number of nitrogens with zero attached hydrogens (tertiary/aromatic N) is 1. The number of allylic oxidation sites excluding steroid dienone is 5. The lowest BCUT2D eigenvalue weighted by Gasteiger charge is -2.18. The zero-order chi connectivity index (χ0) is 23.1. The van der Waals surface area contributed by atoms with E-state index in [0.717, 1.165) is 46.8 Å². The summed E-state index contributed by atoms with van der Waals surface area (Å²) in [5, 5.41) is 3.13. The van der Waals surface area contributed by atoms with Crippen LogP contribution in [0.25, 0.3) is 10.8 Å². The molecule has 0 aromatic heterocycles. The Hall–Kier alpha value is -2.21. The van der Waals surface area contributed by atoms with E-state index in [0.29, 0.717) is 13.0 Å². The lowest BCUT2D eigenvalue weighted by molar-refractivity contribution is -0.437. The molecule has 168 valence electrons. The minimum Gasteiger partial charge on any atom is -0.286 e. The second-order valence-electron chi connectivity index (χ2n) is 9.11. The van der Waals surface area contributed by atoms with Gasteiger partial charge in [-0.2, -0.15) is 13.0 Å². The highest BCUT2D eigenvalue weighted by Gasteiger charge is 2.45. The van der Waals surface area contributed by atoms with Gasteiger partial charge in [-0.1, -0.05) is 48.5 Å². The van der Waals surface area contributed by atoms with Crippen LogP contribution in [0.1, 0.15) is 45.1 Å². The van der Waals surface area contributed by atoms with Crippen LogP contribution >= 0.6 is 11.6 Å². The van der Waals surface area contributed by atoms with Crippen molar-refractivity contribution in [2.45, 2.75) is 44.9 Å². The summed E-state index contributed by atoms with van der Waals surface area (Å²) in [6, 6.07) is 12.6. The number of benzene rings is 2. The number of rotatable bonds is 6. The highest BCUT2D eigenvalue weighted by atomic mass is 35.5. The lowest BCUT2D eigenvalue weighted by atomic mass is 9.79. The van der Waals surface area contributed by atoms with Crippen molar-refractivity contribution in [3.63, 3.8) is 0 Å². The fourth-order valence-corrected chi connectivity index (χ4v) is 5.70. The summed E-state index contributed by atoms with van der Waals surface area (Å²) in [6.45, 7) is 8.98. The third-order valence-electron chi connectivity index (χ3n) is 6.50. The maximum Gasteiger partial charge on any atom is 0.265 e. The molecule has 0 radical (unpaired) electrons. The molecule has 1 N–H and O–H groups in total. The smallest absolute Gasteiger partial charge is 0.265 e. The molecule has 32 heavy (non-hydrogen) atoms. The predicted molar refractivity (Wildman–Crippen MR) is 133 cm³/mol. The summed E-state index contributed by atoms with van der Waals surface area (Å²) < 4.78 is 34.1. The van der Waals surface area contributed by atoms with Crippen molar-refractivity contribution in [2.24, 2.45) is 0 Å². The van der Waals surface area contributed by atoms with E-state index in [1.54, 1.807) is 0 Å². The molecule has 2 aromatic carbocycles. The average molecular weight is 471 g/mol. The first-order valence-corrected chi connectivity index (χ1v) is 13.0. The van der Waals surface area contributed by atoms with Crippen LogP contribution in [-0.4, -0.2) is 35.6 Å². The Morgan fingerprint density at radius 2 is 1.91 bits per heavy atom. The zero-order valence-electron chi connectivity index (χ0n) is 18.6. The van der Waals surface area contributed by atoms with Gasteiger partial charge in [0.05, 0.1) is 11.2 Å². The first-order valence-electron chi connectivity index (χ1n) is 11.0. The van der Waals surface area contributed by atoms with Gasteiger partial charge in [-0.05, 0) is 61.1 Å². The van der Waals surface area contributed by atoms with Crippen molar-refractivity contribution in [1.29, 1.82) is 0 Å². The van der Waals surface area contributed by atoms with Gasteiger partial charge in [-0.3, -0.25) is 4.55 Å². The standard InChI is InChI=1S/C26H28ClNO3S/c1-18-8-6-10-20(25(18)27)13-15-23-26(2,3)24-21-11-5-4-9-19(21)12-14-22(24)28(23)16-7-17-32(29,30)31/h4-5,9,11-15H,1,6-8,10,16-17H2,2-3H3/p+1/b15-13+. The summed E-state index contributed by atoms with van der Waals surface area (Å²) in [5.74, 6) is -0.263. The van der Waals surface area contributed by atoms with Crippen molar-refractivity contribution in [1.82, 2.24) is 0 Å². The molecule has 2 aromatic rings. The van der Waals surface area contributed by atoms with E-state index in [4.69, 9.17) is 11.6 Å². The van der Waals surface area contributed by atoms with Crippen LogP contribution in [0.3, 0.4) is 0 Å². The minimum atomic E-state index is -4.01. The van der Waals surface area contributed by atoms with E-state index in [-0.39, 0.29) is 11.2 Å². The van der Waals surface area contributed by atoms with Crippen molar-refractivity contribution < 1.29 is 17.5 Å². The quantitative estimate of drug-likeness (QED) is 0.399. The van der Waals surface area contributed by atoms with Crippen LogP contribution in [-0.2, 0) is 15.5 Å². The Kier molecular flexibility index (Phi) is 6.19. The summed E-state index contributed by atoms with van der Waals surface area (Å²) >= 11 is 6.54. The fraction of sp³-hybridized carbons (Fsp3) is 0.346. The molecule has 0 saturated heterocycles. The van der Waals surface area contributed by atoms with Gasteiger partial charge in [0.2, 0.25) is 5.69 Å². The second-order valence-corrected chi connectivity index (χ2v) is 11.1. The Balaban J connectivity index is 1.83. The van der Waals surface area contributed by atoms with Crippen LogP contribution in [0.2, 0.25) is 0 Å². The molecule has 0 fully saturated rings. The van der Waals surface area contributed by atoms with Crippen LogP contribution in [0.15, 0.2) is 71.3 Å². The van der Waals surface area contributed by atoms with Gasteiger partial charge in [0.1, 0.15) is 6.54 Å². The van der Waals surface area contributed by atoms with Gasteiger partial charge >= 0.3 is 0 Å². The number of hydrogen-bond donors (Lipinski definition) is 1. The van der Waals surface area contributed by atoms with Gasteiger partial charge in [0, 0.05) is 29.2 Å². The van der Waals surface area contributed by atoms with E-state index >= 15 is 0 Å². The van der Waals surface area contributed by atoms with Crippen LogP contribution < -0.4 is 0 Å². The monoisotopic (exact) mass is 470 g/mol. The number of fused-ring (bicyclic) bond motifs is 3. The maximum atomic E-state index is 11.3. The average Bonchev–Trinajstić information content (AvgIpc) is 2.95. The third-order valence-corrected chi connectivity index (χ3v) is 7.81. The summed E-state index contributed by atoms with van der Waals surface area (Å²) in [6.07, 6.45) is 7.43. The van der Waals surface area contributed by atoms with Crippen LogP contribution in [0, 0.1) is 0 Å². The van der Waals surface area contributed by atoms with E-state index in [9.17, 15) is 13.0 Å². The molecule has 6 heteroatoms. The van der Waals surface area contributed by atoms with Gasteiger partial charge in [0.25, 0.3) is 10.1 Å². The van der Waals surface area contributed by atoms with E-state index < -0.39 is 10.1 Å². The first-order chi connectivity index (χ1) is 15.1. The van der Waals surface area contributed by atoms with Gasteiger partial charge in [0.15, 0.2) is 5.71 Å². The molecule has 4 rings (SSSR count). The van der Waals surface area contributed by atoms with E-state index in [1.807, 2.05) is 12.1 Å². The molecule has 4 nitrogen and oxygen atoms in total. The van der Waals surface area contributed by atoms with E-state index in [2.05, 4.69) is 61.4 Å². The lowest BCUT2D eigenvalue weighted by Crippen LogP contribution is -2.28. The van der Waals surface area contributed by atoms with Gasteiger partial charge < -0.3 is 0 Å². The topological polar surface area (TPSA) is 57.4 Å². The largest absolute Gasteiger partial charge is 0.286 e. The maximum absolute atomic E-state index is 11.3. The molecule has 0 unspecified atom stereocenters. The molecule has 1 aliphatic heterocycles. The summed E-state index contributed by atoms with van der Waals surface area (Å²) in [5.41, 5.74) is 5.18. The third kappa shape index (κ3) is 4.34. The molecule has 0 bridgehead atoms. The zero-order valence-corrected chi connectivity index (χ0v) is 20.1. The number of halogens is 1. The second kappa shape index (κ2) is 8.62. The predicted octanol–water partition coefficient (Wildman–Crippen LogP) is 6.28. The minimum absolute atomic E-state index is 0.263. The summed E-state index contributed by atoms with van der Waals surface area (Å²) in [7, 11) is -4.01. The van der Waals surface area contributed by atoms with Gasteiger partial charge in [-0.15, -0.1) is 0 Å². The van der Waals surface area contributed by atoms with Crippen molar-refractivity contribution in [2.75, 3.05) is 12.3 Å². The Morgan fingerprint density at radius 1 is 1.16 bits per heavy atom. The Morgan fingerprint density at radius 3 is 2.66 bits per heavy atom. The van der Waals surface area contributed by atoms with E-state index in [1.165, 1.54) is 16.3 Å². The normalized spacial score (nSPS) is 18.8. The van der Waals surface area contributed by atoms with Crippen molar-refractivity contribution in [3.05, 3.63) is 76.9 Å². The van der Waals surface area contributed by atoms with Crippen molar-refractivity contribution >= 4 is 43.9 Å².